The molecule has 40 heavy (non-hydrogen) atoms. The van der Waals surface area contributed by atoms with E-state index >= 15 is 0 Å². The van der Waals surface area contributed by atoms with E-state index < -0.39 is 20.5 Å². The van der Waals surface area contributed by atoms with E-state index in [4.69, 9.17) is 9.16 Å². The minimum atomic E-state index is -2.75. The predicted octanol–water partition coefficient (Wildman–Crippen LogP) is 4.48. The SMILES string of the molecule is CN(C)/C=N\c1ncnc2c1c(I)cn2C1CC(O)C(CO[Si](c2ccccc2)(c2ccccc2)C(C)(C)C)O1. The van der Waals surface area contributed by atoms with Crippen molar-refractivity contribution in [2.45, 2.75) is 50.7 Å². The molecule has 0 amide bonds. The summed E-state index contributed by atoms with van der Waals surface area (Å²) >= 11 is 2.28. The predicted molar refractivity (Wildman–Crippen MR) is 170 cm³/mol. The quantitative estimate of drug-likeness (QED) is 0.129. The summed E-state index contributed by atoms with van der Waals surface area (Å²) in [6.45, 7) is 7.03. The minimum absolute atomic E-state index is 0.161. The third-order valence-corrected chi connectivity index (χ3v) is 13.2. The molecule has 5 rings (SSSR count). The van der Waals surface area contributed by atoms with Crippen molar-refractivity contribution in [3.63, 3.8) is 0 Å². The van der Waals surface area contributed by atoms with Crippen LogP contribution in [-0.4, -0.2) is 72.1 Å². The normalized spacial score (nSPS) is 20.0. The van der Waals surface area contributed by atoms with Crippen LogP contribution in [0.2, 0.25) is 5.04 Å². The first-order valence-electron chi connectivity index (χ1n) is 13.4. The van der Waals surface area contributed by atoms with Crippen LogP contribution in [0.5, 0.6) is 0 Å². The molecule has 0 radical (unpaired) electrons. The molecule has 210 valence electrons. The van der Waals surface area contributed by atoms with Crippen LogP contribution in [0, 0.1) is 3.57 Å². The summed E-state index contributed by atoms with van der Waals surface area (Å²) in [5.74, 6) is 0.604. The lowest BCUT2D eigenvalue weighted by Gasteiger charge is -2.43. The van der Waals surface area contributed by atoms with E-state index in [1.807, 2.05) is 41.9 Å². The molecule has 2 aromatic carbocycles. The summed E-state index contributed by atoms with van der Waals surface area (Å²) in [5.41, 5.74) is 0.732. The van der Waals surface area contributed by atoms with Crippen LogP contribution in [0.4, 0.5) is 5.82 Å². The van der Waals surface area contributed by atoms with Gasteiger partial charge in [0.2, 0.25) is 0 Å². The zero-order chi connectivity index (χ0) is 28.5. The molecule has 0 saturated carbocycles. The summed E-state index contributed by atoms with van der Waals surface area (Å²) in [6.07, 6.45) is 4.15. The van der Waals surface area contributed by atoms with Gasteiger partial charge in [-0.25, -0.2) is 15.0 Å². The number of aromatic nitrogens is 3. The molecular weight excluding hydrogens is 633 g/mol. The molecule has 1 saturated heterocycles. The fourth-order valence-corrected chi connectivity index (χ4v) is 10.9. The largest absolute Gasteiger partial charge is 0.405 e. The van der Waals surface area contributed by atoms with Crippen LogP contribution in [0.25, 0.3) is 11.0 Å². The molecule has 0 aliphatic carbocycles. The first kappa shape index (κ1) is 28.9. The van der Waals surface area contributed by atoms with Gasteiger partial charge in [0.25, 0.3) is 8.32 Å². The van der Waals surface area contributed by atoms with Gasteiger partial charge in [-0.05, 0) is 38.0 Å². The molecule has 1 N–H and O–H groups in total. The number of aliphatic hydroxyl groups excluding tert-OH is 1. The molecule has 1 aliphatic rings. The highest BCUT2D eigenvalue weighted by Gasteiger charge is 2.51. The number of ether oxygens (including phenoxy) is 1. The average molecular weight is 670 g/mol. The number of rotatable bonds is 8. The van der Waals surface area contributed by atoms with Crippen molar-refractivity contribution in [1.82, 2.24) is 19.4 Å². The lowest BCUT2D eigenvalue weighted by atomic mass is 10.2. The summed E-state index contributed by atoms with van der Waals surface area (Å²) in [5, 5.41) is 14.3. The summed E-state index contributed by atoms with van der Waals surface area (Å²) in [7, 11) is 1.08. The number of benzene rings is 2. The number of aliphatic imine (C=N–C) groups is 1. The Morgan fingerprint density at radius 3 is 2.30 bits per heavy atom. The van der Waals surface area contributed by atoms with E-state index in [2.05, 4.69) is 107 Å². The minimum Gasteiger partial charge on any atom is -0.405 e. The molecule has 0 spiro atoms. The highest BCUT2D eigenvalue weighted by molar-refractivity contribution is 14.1. The molecule has 1 fully saturated rings. The Balaban J connectivity index is 1.44. The van der Waals surface area contributed by atoms with Crippen LogP contribution in [0.1, 0.15) is 33.4 Å². The Bertz CT molecular complexity index is 1430. The van der Waals surface area contributed by atoms with E-state index in [0.717, 1.165) is 14.6 Å². The van der Waals surface area contributed by atoms with E-state index in [-0.39, 0.29) is 17.9 Å². The highest BCUT2D eigenvalue weighted by atomic mass is 127. The van der Waals surface area contributed by atoms with Gasteiger partial charge in [0.1, 0.15) is 24.3 Å². The van der Waals surface area contributed by atoms with Gasteiger partial charge >= 0.3 is 0 Å². The van der Waals surface area contributed by atoms with Crippen molar-refractivity contribution in [2.75, 3.05) is 20.7 Å². The number of hydrogen-bond donors (Lipinski definition) is 1. The molecular formula is C30H36IN5O3Si. The molecule has 3 atom stereocenters. The number of halogens is 1. The zero-order valence-corrected chi connectivity index (χ0v) is 26.7. The van der Waals surface area contributed by atoms with Crippen molar-refractivity contribution < 1.29 is 14.3 Å². The second kappa shape index (κ2) is 11.7. The molecule has 3 heterocycles. The van der Waals surface area contributed by atoms with E-state index in [1.165, 1.54) is 16.7 Å². The average Bonchev–Trinajstić information content (AvgIpc) is 3.47. The number of fused-ring (bicyclic) bond motifs is 1. The van der Waals surface area contributed by atoms with Crippen molar-refractivity contribution in [1.29, 1.82) is 0 Å². The van der Waals surface area contributed by atoms with Crippen LogP contribution in [0.15, 0.2) is 78.2 Å². The Kier molecular flexibility index (Phi) is 8.44. The van der Waals surface area contributed by atoms with Crippen LogP contribution < -0.4 is 10.4 Å². The van der Waals surface area contributed by atoms with Gasteiger partial charge in [-0.15, -0.1) is 0 Å². The molecule has 8 nitrogen and oxygen atoms in total. The van der Waals surface area contributed by atoms with Crippen molar-refractivity contribution >= 4 is 64.5 Å². The van der Waals surface area contributed by atoms with Gasteiger partial charge in [0.05, 0.1) is 24.4 Å². The number of nitrogens with zero attached hydrogens (tertiary/aromatic N) is 5. The fraction of sp³-hybridized carbons (Fsp3) is 0.367. The fourth-order valence-electron chi connectivity index (χ4n) is 5.52. The van der Waals surface area contributed by atoms with Crippen molar-refractivity contribution in [3.8, 4) is 0 Å². The first-order valence-corrected chi connectivity index (χ1v) is 16.4. The zero-order valence-electron chi connectivity index (χ0n) is 23.5. The molecule has 10 heteroatoms. The monoisotopic (exact) mass is 669 g/mol. The lowest BCUT2D eigenvalue weighted by Crippen LogP contribution is -2.67. The number of hydrogen-bond acceptors (Lipinski definition) is 6. The van der Waals surface area contributed by atoms with Crippen LogP contribution >= 0.6 is 22.6 Å². The Morgan fingerprint density at radius 2 is 1.73 bits per heavy atom. The molecule has 2 aromatic heterocycles. The third-order valence-electron chi connectivity index (χ3n) is 7.35. The van der Waals surface area contributed by atoms with Crippen LogP contribution in [0.3, 0.4) is 0 Å². The van der Waals surface area contributed by atoms with E-state index in [9.17, 15) is 5.11 Å². The van der Waals surface area contributed by atoms with Gasteiger partial charge in [-0.2, -0.15) is 0 Å². The number of aliphatic hydroxyl groups is 1. The summed E-state index contributed by atoms with van der Waals surface area (Å²) < 4.78 is 16.5. The van der Waals surface area contributed by atoms with Gasteiger partial charge in [-0.1, -0.05) is 81.4 Å². The summed E-state index contributed by atoms with van der Waals surface area (Å²) in [6, 6.07) is 21.0. The molecule has 3 unspecified atom stereocenters. The topological polar surface area (TPSA) is 85.0 Å². The molecule has 1 aliphatic heterocycles. The van der Waals surface area contributed by atoms with E-state index in [1.54, 1.807) is 6.34 Å². The van der Waals surface area contributed by atoms with Crippen molar-refractivity contribution in [3.05, 3.63) is 76.8 Å². The first-order chi connectivity index (χ1) is 19.1. The lowest BCUT2D eigenvalue weighted by molar-refractivity contribution is -0.0397. The van der Waals surface area contributed by atoms with Crippen LogP contribution in [-0.2, 0) is 9.16 Å². The standard InChI is InChI=1S/C30H36IN5O3Si/c1-30(2,3)40(21-12-8-6-9-13-21,22-14-10-7-11-15-22)38-18-25-24(37)16-26(39-25)36-17-23(31)27-28(34-20-35(4)5)32-19-33-29(27)36/h6-15,17,19-20,24-26,37H,16,18H2,1-5H3/b34-20-. The van der Waals surface area contributed by atoms with Gasteiger partial charge in [0, 0.05) is 30.3 Å². The maximum Gasteiger partial charge on any atom is 0.261 e. The third kappa shape index (κ3) is 5.47. The maximum atomic E-state index is 11.2. The van der Waals surface area contributed by atoms with Gasteiger partial charge in [-0.3, -0.25) is 0 Å². The van der Waals surface area contributed by atoms with E-state index in [0.29, 0.717) is 12.2 Å². The summed E-state index contributed by atoms with van der Waals surface area (Å²) in [4.78, 5) is 15.3. The maximum absolute atomic E-state index is 11.2. The van der Waals surface area contributed by atoms with Crippen molar-refractivity contribution in [2.24, 2.45) is 4.99 Å². The van der Waals surface area contributed by atoms with Gasteiger partial charge in [0.15, 0.2) is 5.82 Å². The molecule has 0 bridgehead atoms. The Morgan fingerprint density at radius 1 is 1.10 bits per heavy atom. The highest BCUT2D eigenvalue weighted by Crippen LogP contribution is 2.39. The second-order valence-corrected chi connectivity index (χ2v) is 16.9. The Hall–Kier alpha value is -2.64. The van der Waals surface area contributed by atoms with Gasteiger partial charge < -0.3 is 23.7 Å². The molecule has 4 aromatic rings. The Labute approximate surface area is 250 Å². The smallest absolute Gasteiger partial charge is 0.261 e. The second-order valence-electron chi connectivity index (χ2n) is 11.4.